The lowest BCUT2D eigenvalue weighted by atomic mass is 10.0. The number of carbonyl (C=O) groups is 11. The molecule has 1 heterocycles. The molecule has 0 saturated carbocycles. The van der Waals surface area contributed by atoms with Gasteiger partial charge in [0.25, 0.3) is 0 Å². The minimum Gasteiger partial charge on any atom is -0.504 e. The van der Waals surface area contributed by atoms with Crippen molar-refractivity contribution in [3.05, 3.63) is 231 Å². The van der Waals surface area contributed by atoms with Crippen molar-refractivity contribution < 1.29 is 230 Å². The van der Waals surface area contributed by atoms with Crippen molar-refractivity contribution in [1.29, 1.82) is 0 Å². The number of hydrogen-bond acceptors (Lipinski definition) is 46. The number of nitrogens with one attached hydrogen (secondary N) is 2. The molecule has 0 bridgehead atoms. The molecule has 24 N–H and O–H groups in total. The minimum atomic E-state index is -4.62. The van der Waals surface area contributed by atoms with Gasteiger partial charge in [-0.05, 0) is 158 Å². The molecule has 2 unspecified atom stereocenters. The molecule has 49 heteroatoms. The van der Waals surface area contributed by atoms with E-state index in [0.717, 1.165) is 30.3 Å². The van der Waals surface area contributed by atoms with Crippen LogP contribution in [0, 0.1) is 0 Å². The van der Waals surface area contributed by atoms with Crippen molar-refractivity contribution in [3.8, 4) is 190 Å². The van der Waals surface area contributed by atoms with Gasteiger partial charge in [-0.15, -0.1) is 0 Å². The zero-order valence-electron chi connectivity index (χ0n) is 68.3. The molecule has 1 aliphatic heterocycles. The van der Waals surface area contributed by atoms with Crippen LogP contribution in [-0.4, -0.2) is 190 Å². The maximum Gasteiger partial charge on any atom is 0.416 e. The number of phenolic OH excluding ortho intramolecular Hbond substituents is 22. The Balaban J connectivity index is 0.705. The van der Waals surface area contributed by atoms with E-state index in [1.54, 1.807) is 0 Å². The number of halogens is 3. The van der Waals surface area contributed by atoms with Gasteiger partial charge in [-0.2, -0.15) is 13.2 Å². The van der Waals surface area contributed by atoms with Gasteiger partial charge in [0.15, 0.2) is 126 Å². The summed E-state index contributed by atoms with van der Waals surface area (Å²) in [6.07, 6.45) is -4.22. The summed E-state index contributed by atoms with van der Waals surface area (Å²) in [4.78, 5) is 150. The maximum absolute atomic E-state index is 14.2. The van der Waals surface area contributed by atoms with Crippen molar-refractivity contribution in [2.45, 2.75) is 37.5 Å². The number of hydrazine groups is 1. The molecule has 0 radical (unpaired) electrons. The van der Waals surface area contributed by atoms with Crippen LogP contribution in [-0.2, 0) is 17.4 Å². The first-order chi connectivity index (χ1) is 65.0. The molecule has 1 aliphatic rings. The number of ether oxygens (including phenoxy) is 11. The highest BCUT2D eigenvalue weighted by molar-refractivity contribution is 6.02. The Labute approximate surface area is 761 Å². The Bertz CT molecular complexity index is 6720. The van der Waals surface area contributed by atoms with Crippen LogP contribution in [0.3, 0.4) is 0 Å². The molecule has 12 aromatic carbocycles. The third-order valence-corrected chi connectivity index (χ3v) is 19.4. The first kappa shape index (κ1) is 95.7. The van der Waals surface area contributed by atoms with Crippen LogP contribution >= 0.6 is 0 Å². The highest BCUT2D eigenvalue weighted by Crippen LogP contribution is 2.49. The molecule has 1 fully saturated rings. The summed E-state index contributed by atoms with van der Waals surface area (Å²) in [5.41, 5.74) is -2.91. The number of aryl methyl sites for hydroxylation is 1. The van der Waals surface area contributed by atoms with Gasteiger partial charge in [0.1, 0.15) is 23.3 Å². The van der Waals surface area contributed by atoms with Crippen molar-refractivity contribution in [2.75, 3.05) is 0 Å². The van der Waals surface area contributed by atoms with Crippen LogP contribution < -0.4 is 63.0 Å². The van der Waals surface area contributed by atoms with Crippen LogP contribution in [0.25, 0.3) is 0 Å². The van der Waals surface area contributed by atoms with Crippen molar-refractivity contribution >= 4 is 65.7 Å². The van der Waals surface area contributed by atoms with Crippen molar-refractivity contribution in [3.63, 3.8) is 0 Å². The van der Waals surface area contributed by atoms with Crippen LogP contribution in [0.5, 0.6) is 190 Å². The summed E-state index contributed by atoms with van der Waals surface area (Å²) in [6.45, 7) is 0. The Morgan fingerprint density at radius 3 is 0.645 bits per heavy atom. The molecule has 1 saturated heterocycles. The lowest BCUT2D eigenvalue weighted by Gasteiger charge is -2.15. The van der Waals surface area contributed by atoms with E-state index in [9.17, 15) is 178 Å². The maximum atomic E-state index is 14.2. The number of benzene rings is 12. The van der Waals surface area contributed by atoms with Crippen molar-refractivity contribution in [2.24, 2.45) is 0 Å². The van der Waals surface area contributed by atoms with E-state index in [0.29, 0.717) is 127 Å². The van der Waals surface area contributed by atoms with E-state index < -0.39 is 335 Å². The highest BCUT2D eigenvalue weighted by atomic mass is 19.4. The van der Waals surface area contributed by atoms with Crippen LogP contribution in [0.1, 0.15) is 128 Å². The third-order valence-electron chi connectivity index (χ3n) is 19.4. The summed E-state index contributed by atoms with van der Waals surface area (Å²) in [7, 11) is 0. The van der Waals surface area contributed by atoms with E-state index in [4.69, 9.17) is 52.1 Å². The minimum absolute atomic E-state index is 0.0454. The van der Waals surface area contributed by atoms with Gasteiger partial charge >= 0.3 is 71.8 Å². The number of phenols is 22. The summed E-state index contributed by atoms with van der Waals surface area (Å²) in [5.74, 6) is -53.5. The molecule has 0 aliphatic carbocycles. The van der Waals surface area contributed by atoms with E-state index in [2.05, 4.69) is 10.9 Å². The topological polar surface area (TPSA) is 758 Å². The predicted molar refractivity (Wildman–Crippen MR) is 441 cm³/mol. The van der Waals surface area contributed by atoms with E-state index in [1.165, 1.54) is 12.1 Å². The monoisotopic (exact) mass is 1920 g/mol. The van der Waals surface area contributed by atoms with Gasteiger partial charge in [0, 0.05) is 24.2 Å². The number of aromatic hydroxyl groups is 22. The second kappa shape index (κ2) is 38.3. The Morgan fingerprint density at radius 1 is 0.246 bits per heavy atom. The van der Waals surface area contributed by atoms with E-state index >= 15 is 0 Å². The average molecular weight is 1920 g/mol. The molecule has 0 amide bonds. The van der Waals surface area contributed by atoms with Gasteiger partial charge in [-0.1, -0.05) is 12.1 Å². The molecule has 0 aromatic heterocycles. The largest absolute Gasteiger partial charge is 0.504 e. The fourth-order valence-corrected chi connectivity index (χ4v) is 12.4. The number of rotatable bonds is 25. The summed E-state index contributed by atoms with van der Waals surface area (Å²) >= 11 is 0. The number of alkyl halides is 3. The highest BCUT2D eigenvalue weighted by Gasteiger charge is 2.36. The second-order valence-electron chi connectivity index (χ2n) is 28.9. The number of carbonyl (C=O) groups excluding carboxylic acids is 11. The average Bonchev–Trinajstić information content (AvgIpc) is 0.960. The summed E-state index contributed by atoms with van der Waals surface area (Å²) < 4.78 is 97.4. The molecule has 13 rings (SSSR count). The normalized spacial score (nSPS) is 12.7. The van der Waals surface area contributed by atoms with Crippen LogP contribution in [0.2, 0.25) is 0 Å². The van der Waals surface area contributed by atoms with Crippen LogP contribution in [0.4, 0.5) is 13.2 Å². The SMILES string of the molecule is O=C(Oc1cc(OC(=O)c2cc(O)c(O)c(OC(=O)c3cc(O)c(O)c(OC(=O)c4cc(O)c(O)c(OC(=O)c5cc(O)c(O)c(OC(=O)c6cc(O)c(O)c(O)c6)c5)c4)c3)c2)cc(OC(=O)C2CC(CCc3ccc(C(F)(F)F)cc3)NN2)c1)c1cc(O)c(O)c(OC(=O)c2cc(O)c(O)c(OC(=O)c3cc(O)c(O)c(OC(=O)c4cc(O)c(O)c(OC(=O)c5cc(O)c(O)c(O)c5)c4)c3)c2)c1. The molecule has 46 nitrogen and oxygen atoms in total. The zero-order chi connectivity index (χ0) is 100. The first-order valence-corrected chi connectivity index (χ1v) is 38.3. The fraction of sp³-hybridized carbons (Fsp3) is 0.0674. The molecule has 138 heavy (non-hydrogen) atoms. The lowest BCUT2D eigenvalue weighted by molar-refractivity contribution is -0.138. The second-order valence-corrected chi connectivity index (χ2v) is 28.9. The molecular weight excluding hydrogens is 1860 g/mol. The number of esters is 11. The van der Waals surface area contributed by atoms with Crippen molar-refractivity contribution in [1.82, 2.24) is 10.9 Å². The molecule has 2 atom stereocenters. The standard InChI is InChI=1S/C89H59F3N2O44/c90-89(91,92)42-4-1-31(2-5-42)3-6-43-27-47(94-93-43)88(127)130-46-29-44(128-78(117)34-11-52(99)70(109)60(19-34)133-82(121)38-15-56(103)74(113)64(23-38)137-86(125)40-17-58(105)76(115)66(25-40)135-84(123)36-13-54(101)72(111)62(21-36)131-80(119)32-7-48(95)68(107)49(96)8-32)28-45(30-46)129-79(118)35-12-53(100)71(110)61(20-35)134-83(122)39-16-57(104)75(114)65(24-39)138-87(126)41-18-59(106)77(116)67(26-41)136-85(124)37-14-55(102)73(112)63(22-37)132-81(120)33-9-50(97)69(108)51(98)10-33/h1-2,4-5,7-26,28-30,43,47,93-116H,3,6,27H2. The predicted octanol–water partition coefficient (Wildman–Crippen LogP) is 9.19. The van der Waals surface area contributed by atoms with E-state index in [1.807, 2.05) is 0 Å². The van der Waals surface area contributed by atoms with Gasteiger partial charge in [0.2, 0.25) is 46.0 Å². The first-order valence-electron chi connectivity index (χ1n) is 38.3. The van der Waals surface area contributed by atoms with E-state index in [-0.39, 0.29) is 19.3 Å². The van der Waals surface area contributed by atoms with Crippen LogP contribution in [0.15, 0.2) is 164 Å². The fourth-order valence-electron chi connectivity index (χ4n) is 12.4. The van der Waals surface area contributed by atoms with Gasteiger partial charge < -0.3 is 164 Å². The van der Waals surface area contributed by atoms with Gasteiger partial charge in [-0.3, -0.25) is 5.43 Å². The smallest absolute Gasteiger partial charge is 0.416 e. The summed E-state index contributed by atoms with van der Waals surface area (Å²) in [5, 5.41) is 230. The lowest BCUT2D eigenvalue weighted by Crippen LogP contribution is -2.39. The Hall–Kier alpha value is -19.9. The third kappa shape index (κ3) is 21.1. The van der Waals surface area contributed by atoms with Gasteiger partial charge in [0.05, 0.1) is 61.2 Å². The Kier molecular flexibility index (Phi) is 26.5. The summed E-state index contributed by atoms with van der Waals surface area (Å²) in [6, 6.07) is 15.9. The molecule has 710 valence electrons. The number of hydrogen-bond donors (Lipinski definition) is 24. The van der Waals surface area contributed by atoms with Gasteiger partial charge in [-0.25, -0.2) is 58.2 Å². The zero-order valence-corrected chi connectivity index (χ0v) is 68.3. The molecule has 12 aromatic rings. The quantitative estimate of drug-likeness (QED) is 0.0144. The Morgan fingerprint density at radius 2 is 0.435 bits per heavy atom. The molecule has 0 spiro atoms. The molecular formula is C89H59F3N2O44.